The molecule has 0 saturated heterocycles. The number of benzene rings is 4. The molecule has 6 heteroatoms. The Kier molecular flexibility index (Phi) is 7.78. The van der Waals surface area contributed by atoms with Crippen molar-refractivity contribution in [3.05, 3.63) is 168 Å². The number of aromatic nitrogens is 2. The second-order valence-corrected chi connectivity index (χ2v) is 15.4. The second kappa shape index (κ2) is 12.7. The molecule has 8 bridgehead atoms. The van der Waals surface area contributed by atoms with Crippen molar-refractivity contribution in [3.63, 3.8) is 0 Å². The van der Waals surface area contributed by atoms with Crippen molar-refractivity contribution in [2.24, 2.45) is 0 Å². The molecule has 4 aromatic carbocycles. The van der Waals surface area contributed by atoms with Crippen LogP contribution in [0, 0.1) is 11.6 Å². The van der Waals surface area contributed by atoms with Gasteiger partial charge in [-0.15, -0.1) is 0 Å². The summed E-state index contributed by atoms with van der Waals surface area (Å²) in [5.74, 6) is -0.582. The van der Waals surface area contributed by atoms with Gasteiger partial charge in [0, 0.05) is 0 Å². The summed E-state index contributed by atoms with van der Waals surface area (Å²) in [7, 11) is 0. The molecule has 0 radical (unpaired) electrons. The van der Waals surface area contributed by atoms with Crippen LogP contribution in [0.15, 0.2) is 133 Å². The minimum absolute atomic E-state index is 0.0570. The van der Waals surface area contributed by atoms with E-state index in [0.717, 1.165) is 76.7 Å². The minimum atomic E-state index is -0.291. The Labute approximate surface area is 297 Å². The van der Waals surface area contributed by atoms with E-state index in [-0.39, 0.29) is 26.1 Å². The molecule has 238 valence electrons. The van der Waals surface area contributed by atoms with Crippen LogP contribution in [0.1, 0.15) is 22.8 Å². The number of hydrogen-bond acceptors (Lipinski definition) is 3. The predicted molar refractivity (Wildman–Crippen MR) is 207 cm³/mol. The Morgan fingerprint density at radius 1 is 0.380 bits per heavy atom. The first-order chi connectivity index (χ1) is 24.6. The first-order valence-electron chi connectivity index (χ1n) is 16.2. The van der Waals surface area contributed by atoms with Gasteiger partial charge in [0.25, 0.3) is 0 Å². The van der Waals surface area contributed by atoms with Crippen molar-refractivity contribution in [1.29, 1.82) is 0 Å². The van der Waals surface area contributed by atoms with Gasteiger partial charge in [0.05, 0.1) is 0 Å². The molecule has 5 heterocycles. The van der Waals surface area contributed by atoms with Gasteiger partial charge in [0.1, 0.15) is 0 Å². The fourth-order valence-corrected chi connectivity index (χ4v) is 10.2. The number of fused-ring (bicyclic) bond motifs is 8. The number of hydrogen-bond donors (Lipinski definition) is 0. The quantitative estimate of drug-likeness (QED) is 0.168. The molecule has 3 aromatic heterocycles. The van der Waals surface area contributed by atoms with E-state index in [0.29, 0.717) is 0 Å². The van der Waals surface area contributed by atoms with Gasteiger partial charge < -0.3 is 0 Å². The summed E-state index contributed by atoms with van der Waals surface area (Å²) < 4.78 is 32.9. The number of nitrogens with zero attached hydrogens (tertiary/aromatic N) is 2. The first-order valence-corrected chi connectivity index (χ1v) is 18.7. The van der Waals surface area contributed by atoms with Gasteiger partial charge in [-0.1, -0.05) is 0 Å². The molecule has 2 aliphatic heterocycles. The van der Waals surface area contributed by atoms with Gasteiger partial charge >= 0.3 is 299 Å². The number of thiophene rings is 1. The van der Waals surface area contributed by atoms with Gasteiger partial charge in [-0.2, -0.15) is 0 Å². The molecule has 2 aliphatic rings. The van der Waals surface area contributed by atoms with Crippen molar-refractivity contribution in [2.75, 3.05) is 0 Å². The Balaban J connectivity index is 1.48. The van der Waals surface area contributed by atoms with E-state index in [2.05, 4.69) is 97.1 Å². The van der Waals surface area contributed by atoms with E-state index in [1.807, 2.05) is 36.4 Å². The van der Waals surface area contributed by atoms with E-state index >= 15 is 0 Å². The van der Waals surface area contributed by atoms with E-state index < -0.39 is 0 Å². The molecular weight excluding hydrogens is 706 g/mol. The maximum atomic E-state index is 14.2. The molecular formula is C44H26F2N2SSe. The van der Waals surface area contributed by atoms with Crippen molar-refractivity contribution in [3.8, 4) is 44.5 Å². The summed E-state index contributed by atoms with van der Waals surface area (Å²) in [6, 6.07) is 42.8. The van der Waals surface area contributed by atoms with Gasteiger partial charge in [0.15, 0.2) is 0 Å². The summed E-state index contributed by atoms with van der Waals surface area (Å²) in [6.45, 7) is 0. The second-order valence-electron chi connectivity index (χ2n) is 12.0. The normalized spacial score (nSPS) is 12.0. The molecule has 0 amide bonds. The Morgan fingerprint density at radius 2 is 0.740 bits per heavy atom. The van der Waals surface area contributed by atoms with Gasteiger partial charge in [0.2, 0.25) is 0 Å². The molecule has 7 aromatic rings. The third-order valence-electron chi connectivity index (χ3n) is 8.89. The molecule has 0 spiro atoms. The van der Waals surface area contributed by atoms with Gasteiger partial charge in [-0.3, -0.25) is 0 Å². The van der Waals surface area contributed by atoms with Crippen LogP contribution in [-0.2, 0) is 0 Å². The van der Waals surface area contributed by atoms with Crippen LogP contribution < -0.4 is 0 Å². The molecule has 0 unspecified atom stereocenters. The van der Waals surface area contributed by atoms with E-state index in [1.165, 1.54) is 32.8 Å². The standard InChI is InChI=1S/C44H26F2N2SSe/c45-31-15-11-29(12-16-31)41-33-19-21-35(47-33)43(27-7-3-1-4-8-27)39-25-26-40(50-39)44(28-9-5-2-6-10-28)36-22-20-34(48-36)42(38-24-23-37(41)49-38)30-13-17-32(46)18-14-30/h1-26H. The number of rotatable bonds is 4. The zero-order chi connectivity index (χ0) is 33.6. The topological polar surface area (TPSA) is 25.8 Å². The third kappa shape index (κ3) is 5.58. The zero-order valence-corrected chi connectivity index (χ0v) is 29.0. The van der Waals surface area contributed by atoms with Gasteiger partial charge in [-0.05, 0) is 0 Å². The molecule has 50 heavy (non-hydrogen) atoms. The van der Waals surface area contributed by atoms with E-state index in [4.69, 9.17) is 9.97 Å². The molecule has 0 aliphatic carbocycles. The summed E-state index contributed by atoms with van der Waals surface area (Å²) in [6.07, 6.45) is 8.35. The zero-order valence-electron chi connectivity index (χ0n) is 26.5. The molecule has 0 atom stereocenters. The Bertz CT molecular complexity index is 2460. The van der Waals surface area contributed by atoms with Crippen LogP contribution in [0.5, 0.6) is 0 Å². The van der Waals surface area contributed by atoms with Crippen molar-refractivity contribution < 1.29 is 8.78 Å². The maximum absolute atomic E-state index is 14.2. The average Bonchev–Trinajstić information content (AvgIpc) is 3.98. The molecule has 2 nitrogen and oxygen atoms in total. The number of halogens is 2. The summed E-state index contributed by atoms with van der Waals surface area (Å²) in [5.41, 5.74) is 11.4. The van der Waals surface area contributed by atoms with Crippen LogP contribution in [-0.4, -0.2) is 24.5 Å². The van der Waals surface area contributed by atoms with Crippen LogP contribution in [0.4, 0.5) is 8.78 Å². The van der Waals surface area contributed by atoms with E-state index in [1.54, 1.807) is 11.3 Å². The fraction of sp³-hybridized carbons (Fsp3) is 0. The molecule has 0 saturated carbocycles. The third-order valence-corrected chi connectivity index (χ3v) is 12.4. The predicted octanol–water partition coefficient (Wildman–Crippen LogP) is 12.1. The van der Waals surface area contributed by atoms with Crippen molar-refractivity contribution >= 4 is 68.1 Å². The van der Waals surface area contributed by atoms with Crippen LogP contribution in [0.25, 0.3) is 86.7 Å². The SMILES string of the molecule is Fc1ccc(-c2c3nc(c(-c4ccccc4)c4ccc([se]4)c(-c4ccccc4)c4nc(c(-c5ccc(F)cc5)c5ccc2s5)C=C4)C=C3)cc1. The molecule has 0 fully saturated rings. The van der Waals surface area contributed by atoms with Crippen LogP contribution in [0.2, 0.25) is 0 Å². The summed E-state index contributed by atoms with van der Waals surface area (Å²) in [5, 5.41) is 0. The molecule has 9 rings (SSSR count). The van der Waals surface area contributed by atoms with Crippen LogP contribution >= 0.6 is 11.3 Å². The van der Waals surface area contributed by atoms with E-state index in [9.17, 15) is 8.78 Å². The Hall–Kier alpha value is -5.52. The van der Waals surface area contributed by atoms with Gasteiger partial charge in [-0.25, -0.2) is 0 Å². The van der Waals surface area contributed by atoms with Crippen molar-refractivity contribution in [2.45, 2.75) is 0 Å². The van der Waals surface area contributed by atoms with Crippen LogP contribution in [0.3, 0.4) is 0 Å². The first kappa shape index (κ1) is 30.5. The average molecular weight is 732 g/mol. The fourth-order valence-electron chi connectivity index (χ4n) is 6.60. The summed E-state index contributed by atoms with van der Waals surface area (Å²) in [4.78, 5) is 10.6. The monoisotopic (exact) mass is 732 g/mol. The molecule has 0 N–H and O–H groups in total. The summed E-state index contributed by atoms with van der Waals surface area (Å²) >= 11 is 1.57. The van der Waals surface area contributed by atoms with Crippen molar-refractivity contribution in [1.82, 2.24) is 9.97 Å². The Morgan fingerprint density at radius 3 is 1.14 bits per heavy atom.